The molecule has 1 aliphatic rings. The summed E-state index contributed by atoms with van der Waals surface area (Å²) in [5, 5.41) is 9.66. The number of para-hydroxylation sites is 1. The molecule has 6 heteroatoms. The minimum Gasteiger partial charge on any atom is -0.456 e. The minimum atomic E-state index is 0.616. The quantitative estimate of drug-likeness (QED) is 0.178. The van der Waals surface area contributed by atoms with Gasteiger partial charge in [0.25, 0.3) is 0 Å². The normalized spacial score (nSPS) is 12.3. The Morgan fingerprint density at radius 2 is 1.05 bits per heavy atom. The first kappa shape index (κ1) is 33.0. The van der Waals surface area contributed by atoms with Gasteiger partial charge in [0.15, 0.2) is 17.5 Å². The lowest BCUT2D eigenvalue weighted by atomic mass is 9.93. The summed E-state index contributed by atoms with van der Waals surface area (Å²) < 4.78 is 11.0. The number of aromatic nitrogens is 4. The number of nitrogens with zero attached hydrogens (tertiary/aromatic N) is 4. The lowest BCUT2D eigenvalue weighted by Gasteiger charge is -2.14. The smallest absolute Gasteiger partial charge is 0.165 e. The Balaban J connectivity index is 1.02. The van der Waals surface area contributed by atoms with Crippen molar-refractivity contribution in [1.29, 1.82) is 0 Å². The van der Waals surface area contributed by atoms with Gasteiger partial charge in [0.2, 0.25) is 0 Å². The van der Waals surface area contributed by atoms with E-state index in [-0.39, 0.29) is 0 Å². The predicted molar refractivity (Wildman–Crippen MR) is 253 cm³/mol. The average Bonchev–Trinajstić information content (AvgIpc) is 3.98. The van der Waals surface area contributed by atoms with Crippen LogP contribution in [0.5, 0.6) is 0 Å². The van der Waals surface area contributed by atoms with E-state index in [9.17, 15) is 0 Å². The molecular formula is C55H30N4OS. The number of benzene rings is 9. The summed E-state index contributed by atoms with van der Waals surface area (Å²) in [5.74, 6) is 1.89. The average molecular weight is 795 g/mol. The van der Waals surface area contributed by atoms with Gasteiger partial charge in [-0.3, -0.25) is 0 Å². The molecule has 0 spiro atoms. The van der Waals surface area contributed by atoms with E-state index in [1.165, 1.54) is 70.3 Å². The predicted octanol–water partition coefficient (Wildman–Crippen LogP) is 15.0. The molecule has 0 N–H and O–H groups in total. The highest BCUT2D eigenvalue weighted by atomic mass is 32.1. The van der Waals surface area contributed by atoms with Gasteiger partial charge in [0.1, 0.15) is 11.2 Å². The second kappa shape index (κ2) is 12.3. The fourth-order valence-corrected chi connectivity index (χ4v) is 11.2. The summed E-state index contributed by atoms with van der Waals surface area (Å²) in [6, 6.07) is 64.9. The number of fused-ring (bicyclic) bond motifs is 9. The van der Waals surface area contributed by atoms with Crippen LogP contribution in [0.1, 0.15) is 0 Å². The third-order valence-corrected chi connectivity index (χ3v) is 13.8. The van der Waals surface area contributed by atoms with Crippen molar-refractivity contribution in [2.45, 2.75) is 0 Å². The van der Waals surface area contributed by atoms with E-state index in [1.807, 2.05) is 48.5 Å². The van der Waals surface area contributed by atoms with E-state index in [4.69, 9.17) is 19.4 Å². The van der Waals surface area contributed by atoms with Crippen LogP contribution in [-0.4, -0.2) is 19.5 Å². The zero-order chi connectivity index (χ0) is 39.8. The van der Waals surface area contributed by atoms with Crippen molar-refractivity contribution in [2.75, 3.05) is 0 Å². The Morgan fingerprint density at radius 1 is 0.393 bits per heavy atom. The van der Waals surface area contributed by atoms with Crippen molar-refractivity contribution in [3.63, 3.8) is 0 Å². The summed E-state index contributed by atoms with van der Waals surface area (Å²) in [6.45, 7) is 0. The molecule has 4 aromatic heterocycles. The molecule has 61 heavy (non-hydrogen) atoms. The van der Waals surface area contributed by atoms with Crippen molar-refractivity contribution in [2.24, 2.45) is 0 Å². The van der Waals surface area contributed by atoms with Gasteiger partial charge in [0.05, 0.1) is 16.7 Å². The zero-order valence-electron chi connectivity index (χ0n) is 32.4. The van der Waals surface area contributed by atoms with Crippen LogP contribution < -0.4 is 0 Å². The lowest BCUT2D eigenvalue weighted by molar-refractivity contribution is 0.669. The van der Waals surface area contributed by atoms with Gasteiger partial charge in [-0.1, -0.05) is 127 Å². The minimum absolute atomic E-state index is 0.616. The molecule has 0 amide bonds. The maximum Gasteiger partial charge on any atom is 0.165 e. The summed E-state index contributed by atoms with van der Waals surface area (Å²) in [6.07, 6.45) is 0. The third kappa shape index (κ3) is 4.62. The van der Waals surface area contributed by atoms with E-state index < -0.39 is 0 Å². The Labute approximate surface area is 352 Å². The Morgan fingerprint density at radius 3 is 1.93 bits per heavy atom. The van der Waals surface area contributed by atoms with Crippen molar-refractivity contribution in [1.82, 2.24) is 19.5 Å². The summed E-state index contributed by atoms with van der Waals surface area (Å²) in [7, 11) is 0. The third-order valence-electron chi connectivity index (χ3n) is 12.6. The molecule has 0 saturated heterocycles. The Bertz CT molecular complexity index is 4010. The fourth-order valence-electron chi connectivity index (χ4n) is 9.99. The highest BCUT2D eigenvalue weighted by molar-refractivity contribution is 7.26. The first-order valence-electron chi connectivity index (χ1n) is 20.5. The monoisotopic (exact) mass is 794 g/mol. The molecule has 4 heterocycles. The molecule has 0 radical (unpaired) electrons. The molecule has 0 unspecified atom stereocenters. The second-order valence-electron chi connectivity index (χ2n) is 15.9. The molecular weight excluding hydrogens is 765 g/mol. The molecule has 1 aliphatic carbocycles. The SMILES string of the molecule is c1ccc(-c2nc(-c3ccc4oc5ccccc5c4c3)nc(-c3cccc4c3sc3cccc(-n5c6cccc7c6c6c8c(cccc8ccc65)-c5ccccc5-7)c34)n2)cc1. The van der Waals surface area contributed by atoms with Gasteiger partial charge in [0, 0.05) is 58.4 Å². The standard InChI is InChI=1S/C55H30N4OS/c1-2-12-32(13-3-1)53-56-54(33-27-29-46-41(30-33)36-17-6-7-24-45(36)60-46)58-55(57-53)40-21-9-20-39-49-42(23-11-25-47(49)61-52(39)40)59-43-22-10-19-38-35-16-5-4-15-34(35)37-18-8-14-31-26-28-44(59)51(48(31)37)50(38)43/h1-30H. The topological polar surface area (TPSA) is 56.7 Å². The number of thiophene rings is 1. The van der Waals surface area contributed by atoms with Crippen LogP contribution in [0.15, 0.2) is 186 Å². The number of hydrogen-bond acceptors (Lipinski definition) is 5. The number of rotatable bonds is 4. The van der Waals surface area contributed by atoms with Gasteiger partial charge in [-0.25, -0.2) is 15.0 Å². The first-order chi connectivity index (χ1) is 30.2. The molecule has 14 rings (SSSR count). The Hall–Kier alpha value is -7.93. The highest BCUT2D eigenvalue weighted by Gasteiger charge is 2.26. The van der Waals surface area contributed by atoms with E-state index >= 15 is 0 Å². The fraction of sp³-hybridized carbons (Fsp3) is 0. The first-order valence-corrected chi connectivity index (χ1v) is 21.3. The zero-order valence-corrected chi connectivity index (χ0v) is 33.2. The van der Waals surface area contributed by atoms with Crippen LogP contribution in [0.2, 0.25) is 0 Å². The number of furan rings is 1. The van der Waals surface area contributed by atoms with Gasteiger partial charge < -0.3 is 8.98 Å². The Kier molecular flexibility index (Phi) is 6.65. The lowest BCUT2D eigenvalue weighted by Crippen LogP contribution is -2.00. The summed E-state index contributed by atoms with van der Waals surface area (Å²) >= 11 is 1.80. The molecule has 0 aliphatic heterocycles. The van der Waals surface area contributed by atoms with Crippen LogP contribution in [0.3, 0.4) is 0 Å². The van der Waals surface area contributed by atoms with Gasteiger partial charge in [-0.2, -0.15) is 0 Å². The molecule has 5 nitrogen and oxygen atoms in total. The van der Waals surface area contributed by atoms with Gasteiger partial charge in [-0.05, 0) is 87.6 Å². The molecule has 0 atom stereocenters. The highest BCUT2D eigenvalue weighted by Crippen LogP contribution is 2.51. The van der Waals surface area contributed by atoms with E-state index in [0.29, 0.717) is 17.5 Å². The molecule has 0 bridgehead atoms. The van der Waals surface area contributed by atoms with Crippen molar-refractivity contribution < 1.29 is 4.42 Å². The van der Waals surface area contributed by atoms with Crippen LogP contribution in [-0.2, 0) is 0 Å². The number of hydrogen-bond donors (Lipinski definition) is 0. The summed E-state index contributed by atoms with van der Waals surface area (Å²) in [4.78, 5) is 15.6. The van der Waals surface area contributed by atoms with Crippen LogP contribution in [0.4, 0.5) is 0 Å². The molecule has 13 aromatic rings. The maximum absolute atomic E-state index is 6.18. The van der Waals surface area contributed by atoms with Crippen molar-refractivity contribution >= 4 is 86.0 Å². The van der Waals surface area contributed by atoms with Crippen LogP contribution in [0, 0.1) is 0 Å². The molecule has 282 valence electrons. The van der Waals surface area contributed by atoms with E-state index in [0.717, 1.165) is 49.0 Å². The van der Waals surface area contributed by atoms with E-state index in [2.05, 4.69) is 138 Å². The van der Waals surface area contributed by atoms with Gasteiger partial charge >= 0.3 is 0 Å². The molecule has 0 fully saturated rings. The largest absolute Gasteiger partial charge is 0.456 e. The summed E-state index contributed by atoms with van der Waals surface area (Å²) in [5.41, 5.74) is 13.2. The van der Waals surface area contributed by atoms with Gasteiger partial charge in [-0.15, -0.1) is 11.3 Å². The van der Waals surface area contributed by atoms with E-state index in [1.54, 1.807) is 11.3 Å². The van der Waals surface area contributed by atoms with Crippen molar-refractivity contribution in [3.05, 3.63) is 182 Å². The van der Waals surface area contributed by atoms with Crippen LogP contribution >= 0.6 is 11.3 Å². The van der Waals surface area contributed by atoms with Crippen molar-refractivity contribution in [3.8, 4) is 62.1 Å². The molecule has 9 aromatic carbocycles. The molecule has 0 saturated carbocycles. The second-order valence-corrected chi connectivity index (χ2v) is 16.9. The van der Waals surface area contributed by atoms with Crippen LogP contribution in [0.25, 0.3) is 137 Å². The maximum atomic E-state index is 6.18.